The second kappa shape index (κ2) is 6.06. The molecule has 0 aliphatic carbocycles. The lowest BCUT2D eigenvalue weighted by molar-refractivity contribution is 0.543. The second-order valence-corrected chi connectivity index (χ2v) is 5.02. The zero-order valence-corrected chi connectivity index (χ0v) is 11.9. The lowest BCUT2D eigenvalue weighted by Gasteiger charge is -2.15. The van der Waals surface area contributed by atoms with Crippen LogP contribution < -0.4 is 5.32 Å². The van der Waals surface area contributed by atoms with Crippen LogP contribution in [0.2, 0.25) is 0 Å². The van der Waals surface area contributed by atoms with Gasteiger partial charge in [0.2, 0.25) is 0 Å². The van der Waals surface area contributed by atoms with E-state index in [1.165, 1.54) is 16.4 Å². The van der Waals surface area contributed by atoms with Gasteiger partial charge in [0.25, 0.3) is 0 Å². The van der Waals surface area contributed by atoms with Crippen LogP contribution >= 0.6 is 11.5 Å². The molecule has 0 aliphatic heterocycles. The molecule has 0 amide bonds. The van der Waals surface area contributed by atoms with E-state index >= 15 is 0 Å². The van der Waals surface area contributed by atoms with Crippen molar-refractivity contribution in [3.05, 3.63) is 28.5 Å². The minimum atomic E-state index is 0.264. The second-order valence-electron chi connectivity index (χ2n) is 4.23. The van der Waals surface area contributed by atoms with Gasteiger partial charge < -0.3 is 5.32 Å². The molecule has 0 saturated heterocycles. The van der Waals surface area contributed by atoms with Crippen LogP contribution in [-0.4, -0.2) is 25.9 Å². The fourth-order valence-corrected chi connectivity index (χ4v) is 2.82. The van der Waals surface area contributed by atoms with E-state index in [1.54, 1.807) is 0 Å². The summed E-state index contributed by atoms with van der Waals surface area (Å²) in [7, 11) is 1.94. The summed E-state index contributed by atoms with van der Waals surface area (Å²) in [5, 5.41) is 12.1. The minimum Gasteiger partial charge on any atom is -0.309 e. The number of nitrogens with zero attached hydrogens (tertiary/aromatic N) is 4. The molecule has 1 N–H and O–H groups in total. The fraction of sp³-hybridized carbons (Fsp3) is 0.583. The number of hydrogen-bond donors (Lipinski definition) is 1. The molecule has 2 heterocycles. The standard InChI is InChI=1S/C12H19N5S/c1-4-10-12(18-16-14-10)11(13-5-2)8-9-6-7-17(3)15-9/h6-7,11,13H,4-5,8H2,1-3H3. The first-order valence-electron chi connectivity index (χ1n) is 6.27. The minimum absolute atomic E-state index is 0.264. The molecule has 2 rings (SSSR count). The molecule has 2 aromatic rings. The van der Waals surface area contributed by atoms with Gasteiger partial charge in [0, 0.05) is 19.7 Å². The quantitative estimate of drug-likeness (QED) is 0.864. The van der Waals surface area contributed by atoms with Gasteiger partial charge in [0.15, 0.2) is 0 Å². The Morgan fingerprint density at radius 2 is 2.28 bits per heavy atom. The smallest absolute Gasteiger partial charge is 0.0801 e. The maximum Gasteiger partial charge on any atom is 0.0801 e. The Bertz CT molecular complexity index is 490. The number of aromatic nitrogens is 4. The van der Waals surface area contributed by atoms with Gasteiger partial charge in [0.05, 0.1) is 22.3 Å². The lowest BCUT2D eigenvalue weighted by Crippen LogP contribution is -2.23. The molecule has 1 atom stereocenters. The molecule has 0 radical (unpaired) electrons. The molecule has 0 saturated carbocycles. The number of rotatable bonds is 6. The number of likely N-dealkylation sites (N-methyl/N-ethyl adjacent to an activating group) is 1. The van der Waals surface area contributed by atoms with Crippen molar-refractivity contribution in [2.24, 2.45) is 7.05 Å². The van der Waals surface area contributed by atoms with E-state index < -0.39 is 0 Å². The zero-order valence-electron chi connectivity index (χ0n) is 11.1. The summed E-state index contributed by atoms with van der Waals surface area (Å²) < 4.78 is 5.91. The molecule has 0 fully saturated rings. The molecule has 0 aliphatic rings. The fourth-order valence-electron chi connectivity index (χ4n) is 2.01. The first-order valence-corrected chi connectivity index (χ1v) is 7.05. The predicted octanol–water partition coefficient (Wildman–Crippen LogP) is 1.73. The van der Waals surface area contributed by atoms with Gasteiger partial charge in [-0.1, -0.05) is 18.3 Å². The van der Waals surface area contributed by atoms with Crippen molar-refractivity contribution in [3.8, 4) is 0 Å². The van der Waals surface area contributed by atoms with Gasteiger partial charge in [0.1, 0.15) is 0 Å². The van der Waals surface area contributed by atoms with E-state index in [0.717, 1.165) is 30.8 Å². The first kappa shape index (κ1) is 13.2. The third-order valence-electron chi connectivity index (χ3n) is 2.87. The van der Waals surface area contributed by atoms with E-state index in [0.29, 0.717) is 0 Å². The van der Waals surface area contributed by atoms with Gasteiger partial charge >= 0.3 is 0 Å². The lowest BCUT2D eigenvalue weighted by atomic mass is 10.1. The molecule has 0 spiro atoms. The third kappa shape index (κ3) is 2.94. The zero-order chi connectivity index (χ0) is 13.0. The Morgan fingerprint density at radius 3 is 2.89 bits per heavy atom. The van der Waals surface area contributed by atoms with Crippen molar-refractivity contribution < 1.29 is 0 Å². The molecule has 98 valence electrons. The summed E-state index contributed by atoms with van der Waals surface area (Å²) in [6.45, 7) is 5.16. The van der Waals surface area contributed by atoms with Gasteiger partial charge in [-0.15, -0.1) is 5.10 Å². The molecule has 5 nitrogen and oxygen atoms in total. The van der Waals surface area contributed by atoms with E-state index in [4.69, 9.17) is 0 Å². The Hall–Kier alpha value is -1.27. The summed E-state index contributed by atoms with van der Waals surface area (Å²) in [4.78, 5) is 1.24. The van der Waals surface area contributed by atoms with Crippen LogP contribution in [0.1, 0.15) is 36.2 Å². The highest BCUT2D eigenvalue weighted by Gasteiger charge is 2.19. The normalized spacial score (nSPS) is 12.8. The van der Waals surface area contributed by atoms with Crippen LogP contribution in [0.4, 0.5) is 0 Å². The van der Waals surface area contributed by atoms with Gasteiger partial charge in [-0.25, -0.2) is 0 Å². The van der Waals surface area contributed by atoms with Crippen molar-refractivity contribution in [3.63, 3.8) is 0 Å². The topological polar surface area (TPSA) is 55.6 Å². The third-order valence-corrected chi connectivity index (χ3v) is 3.75. The van der Waals surface area contributed by atoms with Crippen LogP contribution in [-0.2, 0) is 19.9 Å². The van der Waals surface area contributed by atoms with Crippen LogP contribution in [0.5, 0.6) is 0 Å². The Labute approximate surface area is 111 Å². The van der Waals surface area contributed by atoms with E-state index in [-0.39, 0.29) is 6.04 Å². The Balaban J connectivity index is 2.17. The average molecular weight is 265 g/mol. The predicted molar refractivity (Wildman–Crippen MR) is 72.6 cm³/mol. The van der Waals surface area contributed by atoms with E-state index in [9.17, 15) is 0 Å². The molecule has 18 heavy (non-hydrogen) atoms. The molecule has 0 aromatic carbocycles. The van der Waals surface area contributed by atoms with Crippen molar-refractivity contribution in [1.29, 1.82) is 0 Å². The maximum atomic E-state index is 4.44. The Kier molecular flexibility index (Phi) is 4.43. The van der Waals surface area contributed by atoms with Gasteiger partial charge in [-0.3, -0.25) is 4.68 Å². The SMILES string of the molecule is CCNC(Cc1ccn(C)n1)c1snnc1CC. The number of nitrogens with one attached hydrogen (secondary N) is 1. The van der Waals surface area contributed by atoms with Crippen LogP contribution in [0, 0.1) is 0 Å². The summed E-state index contributed by atoms with van der Waals surface area (Å²) in [5.41, 5.74) is 2.20. The largest absolute Gasteiger partial charge is 0.309 e. The molecular formula is C12H19N5S. The van der Waals surface area contributed by atoms with E-state index in [1.807, 2.05) is 17.9 Å². The first-order chi connectivity index (χ1) is 8.74. The molecular weight excluding hydrogens is 246 g/mol. The Morgan fingerprint density at radius 1 is 1.44 bits per heavy atom. The van der Waals surface area contributed by atoms with Crippen molar-refractivity contribution >= 4 is 11.5 Å². The van der Waals surface area contributed by atoms with Crippen molar-refractivity contribution in [2.75, 3.05) is 6.54 Å². The molecule has 1 unspecified atom stereocenters. The summed E-state index contributed by atoms with van der Waals surface area (Å²) in [5.74, 6) is 0. The van der Waals surface area contributed by atoms with Crippen molar-refractivity contribution in [2.45, 2.75) is 32.7 Å². The summed E-state index contributed by atoms with van der Waals surface area (Å²) in [6, 6.07) is 2.32. The number of aryl methyl sites for hydroxylation is 2. The summed E-state index contributed by atoms with van der Waals surface area (Å²) in [6.07, 6.45) is 3.78. The maximum absolute atomic E-state index is 4.44. The van der Waals surface area contributed by atoms with Crippen molar-refractivity contribution in [1.82, 2.24) is 24.7 Å². The highest BCUT2D eigenvalue weighted by atomic mass is 32.1. The summed E-state index contributed by atoms with van der Waals surface area (Å²) >= 11 is 1.49. The molecule has 2 aromatic heterocycles. The average Bonchev–Trinajstić information content (AvgIpc) is 2.97. The molecule has 0 bridgehead atoms. The van der Waals surface area contributed by atoms with Crippen LogP contribution in [0.15, 0.2) is 12.3 Å². The van der Waals surface area contributed by atoms with Crippen LogP contribution in [0.3, 0.4) is 0 Å². The van der Waals surface area contributed by atoms with E-state index in [2.05, 4.69) is 39.9 Å². The highest BCUT2D eigenvalue weighted by Crippen LogP contribution is 2.23. The van der Waals surface area contributed by atoms with Crippen LogP contribution in [0.25, 0.3) is 0 Å². The monoisotopic (exact) mass is 265 g/mol. The highest BCUT2D eigenvalue weighted by molar-refractivity contribution is 7.05. The van der Waals surface area contributed by atoms with Gasteiger partial charge in [-0.2, -0.15) is 5.10 Å². The number of hydrogen-bond acceptors (Lipinski definition) is 5. The molecule has 6 heteroatoms. The van der Waals surface area contributed by atoms with Gasteiger partial charge in [-0.05, 0) is 30.6 Å².